The molecule has 120 valence electrons. The first-order chi connectivity index (χ1) is 11.5. The van der Waals surface area contributed by atoms with Crippen molar-refractivity contribution in [1.82, 2.24) is 0 Å². The summed E-state index contributed by atoms with van der Waals surface area (Å²) < 4.78 is 0. The third kappa shape index (κ3) is 2.22. The number of carbonyl (C=O) groups excluding carboxylic acids is 2. The molecule has 4 nitrogen and oxygen atoms in total. The number of hydrogen-bond acceptors (Lipinski definition) is 3. The molecule has 0 saturated carbocycles. The van der Waals surface area contributed by atoms with Crippen LogP contribution in [0, 0.1) is 18.3 Å². The van der Waals surface area contributed by atoms with E-state index in [9.17, 15) is 14.7 Å². The molecule has 1 heterocycles. The van der Waals surface area contributed by atoms with Gasteiger partial charge in [-0.1, -0.05) is 61.4 Å². The number of Topliss-reactive ketones (excluding diaryl/α,β-unsaturated/α-hetero) is 1. The predicted molar refractivity (Wildman–Crippen MR) is 91.5 cm³/mol. The predicted octanol–water partition coefficient (Wildman–Crippen LogP) is 2.37. The summed E-state index contributed by atoms with van der Waals surface area (Å²) in [6.45, 7) is 1.62. The second-order valence-corrected chi connectivity index (χ2v) is 5.83. The molecule has 0 bridgehead atoms. The Kier molecular flexibility index (Phi) is 3.96. The fourth-order valence-electron chi connectivity index (χ4n) is 3.17. The highest BCUT2D eigenvalue weighted by Crippen LogP contribution is 2.45. The number of rotatable bonds is 4. The lowest BCUT2D eigenvalue weighted by Gasteiger charge is -2.28. The number of para-hydroxylation sites is 1. The summed E-state index contributed by atoms with van der Waals surface area (Å²) in [5, 5.41) is 11.2. The van der Waals surface area contributed by atoms with E-state index in [0.717, 1.165) is 0 Å². The SMILES string of the molecule is C#CCN1C(=O)[C@@](O)([C@@H](C)C(=O)c2ccccc2)c2ccccc21. The van der Waals surface area contributed by atoms with E-state index in [0.29, 0.717) is 16.8 Å². The molecule has 0 unspecified atom stereocenters. The molecule has 24 heavy (non-hydrogen) atoms. The van der Waals surface area contributed by atoms with Crippen molar-refractivity contribution < 1.29 is 14.7 Å². The molecule has 1 aliphatic rings. The van der Waals surface area contributed by atoms with E-state index >= 15 is 0 Å². The van der Waals surface area contributed by atoms with E-state index in [-0.39, 0.29) is 12.3 Å². The highest BCUT2D eigenvalue weighted by atomic mass is 16.3. The van der Waals surface area contributed by atoms with Crippen molar-refractivity contribution in [2.24, 2.45) is 5.92 Å². The third-order valence-corrected chi connectivity index (χ3v) is 4.50. The van der Waals surface area contributed by atoms with E-state index in [1.807, 2.05) is 0 Å². The number of amides is 1. The maximum Gasteiger partial charge on any atom is 0.265 e. The zero-order valence-electron chi connectivity index (χ0n) is 13.3. The van der Waals surface area contributed by atoms with Crippen molar-refractivity contribution >= 4 is 17.4 Å². The first-order valence-electron chi connectivity index (χ1n) is 7.68. The van der Waals surface area contributed by atoms with Crippen LogP contribution in [0.1, 0.15) is 22.8 Å². The van der Waals surface area contributed by atoms with Gasteiger partial charge in [-0.3, -0.25) is 14.5 Å². The van der Waals surface area contributed by atoms with Crippen molar-refractivity contribution in [1.29, 1.82) is 0 Å². The van der Waals surface area contributed by atoms with E-state index < -0.39 is 17.4 Å². The van der Waals surface area contributed by atoms with Gasteiger partial charge in [-0.15, -0.1) is 6.42 Å². The lowest BCUT2D eigenvalue weighted by molar-refractivity contribution is -0.139. The summed E-state index contributed by atoms with van der Waals surface area (Å²) >= 11 is 0. The number of aliphatic hydroxyl groups is 1. The van der Waals surface area contributed by atoms with Gasteiger partial charge in [0, 0.05) is 11.1 Å². The van der Waals surface area contributed by atoms with Crippen LogP contribution in [0.4, 0.5) is 5.69 Å². The Bertz CT molecular complexity index is 837. The average molecular weight is 319 g/mol. The number of nitrogens with zero attached hydrogens (tertiary/aromatic N) is 1. The molecule has 0 aromatic heterocycles. The zero-order valence-corrected chi connectivity index (χ0v) is 13.3. The van der Waals surface area contributed by atoms with E-state index in [4.69, 9.17) is 6.42 Å². The lowest BCUT2D eigenvalue weighted by Crippen LogP contribution is -2.47. The third-order valence-electron chi connectivity index (χ3n) is 4.50. The van der Waals surface area contributed by atoms with Crippen LogP contribution in [0.15, 0.2) is 54.6 Å². The Labute approximate surface area is 140 Å². The van der Waals surface area contributed by atoms with Gasteiger partial charge in [0.15, 0.2) is 11.4 Å². The fourth-order valence-corrected chi connectivity index (χ4v) is 3.17. The number of fused-ring (bicyclic) bond motifs is 1. The second-order valence-electron chi connectivity index (χ2n) is 5.83. The fraction of sp³-hybridized carbons (Fsp3) is 0.200. The summed E-state index contributed by atoms with van der Waals surface area (Å²) in [7, 11) is 0. The van der Waals surface area contributed by atoms with E-state index in [1.165, 1.54) is 4.90 Å². The van der Waals surface area contributed by atoms with Crippen LogP contribution in [0.3, 0.4) is 0 Å². The van der Waals surface area contributed by atoms with Crippen LogP contribution >= 0.6 is 0 Å². The standard InChI is InChI=1S/C20H17NO3/c1-3-13-21-17-12-8-7-11-16(17)20(24,19(21)23)14(2)18(22)15-9-5-4-6-10-15/h1,4-12,14,24H,13H2,2H3/t14-,20+/m0/s1. The van der Waals surface area contributed by atoms with E-state index in [2.05, 4.69) is 5.92 Å². The van der Waals surface area contributed by atoms with Crippen LogP contribution in [0.2, 0.25) is 0 Å². The Morgan fingerprint density at radius 2 is 1.83 bits per heavy atom. The zero-order chi connectivity index (χ0) is 17.3. The van der Waals surface area contributed by atoms with Crippen molar-refractivity contribution in [3.8, 4) is 12.3 Å². The number of anilines is 1. The largest absolute Gasteiger partial charge is 0.375 e. The summed E-state index contributed by atoms with van der Waals surface area (Å²) in [6.07, 6.45) is 5.35. The lowest BCUT2D eigenvalue weighted by atomic mass is 9.79. The van der Waals surface area contributed by atoms with Gasteiger partial charge in [-0.25, -0.2) is 0 Å². The monoisotopic (exact) mass is 319 g/mol. The van der Waals surface area contributed by atoms with Gasteiger partial charge in [0.25, 0.3) is 5.91 Å². The van der Waals surface area contributed by atoms with Gasteiger partial charge in [-0.2, -0.15) is 0 Å². The van der Waals surface area contributed by atoms with Crippen molar-refractivity contribution in [3.63, 3.8) is 0 Å². The van der Waals surface area contributed by atoms with Crippen molar-refractivity contribution in [3.05, 3.63) is 65.7 Å². The van der Waals surface area contributed by atoms with Crippen LogP contribution in [0.5, 0.6) is 0 Å². The minimum Gasteiger partial charge on any atom is -0.375 e. The topological polar surface area (TPSA) is 57.6 Å². The van der Waals surface area contributed by atoms with Gasteiger partial charge >= 0.3 is 0 Å². The van der Waals surface area contributed by atoms with Crippen LogP contribution < -0.4 is 4.90 Å². The molecule has 3 rings (SSSR count). The number of terminal acetylenes is 1. The average Bonchev–Trinajstić information content (AvgIpc) is 2.85. The smallest absolute Gasteiger partial charge is 0.265 e. The van der Waals surface area contributed by atoms with Crippen LogP contribution in [-0.4, -0.2) is 23.3 Å². The van der Waals surface area contributed by atoms with Gasteiger partial charge in [-0.05, 0) is 6.07 Å². The van der Waals surface area contributed by atoms with Gasteiger partial charge in [0.05, 0.1) is 18.2 Å². The molecule has 0 aliphatic carbocycles. The molecule has 2 aromatic rings. The number of benzene rings is 2. The first-order valence-corrected chi connectivity index (χ1v) is 7.68. The Morgan fingerprint density at radius 1 is 1.21 bits per heavy atom. The van der Waals surface area contributed by atoms with Gasteiger partial charge < -0.3 is 5.11 Å². The first kappa shape index (κ1) is 16.0. The molecule has 0 spiro atoms. The minimum atomic E-state index is -1.92. The van der Waals surface area contributed by atoms with Gasteiger partial charge in [0.1, 0.15) is 0 Å². The van der Waals surface area contributed by atoms with Gasteiger partial charge in [0.2, 0.25) is 0 Å². The molecule has 0 saturated heterocycles. The molecule has 1 amide bonds. The highest BCUT2D eigenvalue weighted by Gasteiger charge is 2.55. The molecule has 0 radical (unpaired) electrons. The molecule has 1 N–H and O–H groups in total. The Morgan fingerprint density at radius 3 is 2.50 bits per heavy atom. The molecule has 2 aromatic carbocycles. The van der Waals surface area contributed by atoms with Crippen molar-refractivity contribution in [2.45, 2.75) is 12.5 Å². The molecule has 0 fully saturated rings. The normalized spacial score (nSPS) is 20.4. The summed E-state index contributed by atoms with van der Waals surface area (Å²) in [6, 6.07) is 15.5. The summed E-state index contributed by atoms with van der Waals surface area (Å²) in [5.41, 5.74) is -0.489. The van der Waals surface area contributed by atoms with E-state index in [1.54, 1.807) is 61.5 Å². The van der Waals surface area contributed by atoms with Crippen LogP contribution in [-0.2, 0) is 10.4 Å². The summed E-state index contributed by atoms with van der Waals surface area (Å²) in [4.78, 5) is 27.0. The molecular weight excluding hydrogens is 302 g/mol. The number of hydrogen-bond donors (Lipinski definition) is 1. The Balaban J connectivity index is 2.07. The highest BCUT2D eigenvalue weighted by molar-refractivity contribution is 6.11. The number of carbonyl (C=O) groups is 2. The molecule has 1 aliphatic heterocycles. The minimum absolute atomic E-state index is 0.0460. The maximum absolute atomic E-state index is 12.9. The number of ketones is 1. The Hall–Kier alpha value is -2.90. The quantitative estimate of drug-likeness (QED) is 0.695. The van der Waals surface area contributed by atoms with Crippen molar-refractivity contribution in [2.75, 3.05) is 11.4 Å². The molecule has 2 atom stereocenters. The maximum atomic E-state index is 12.9. The second kappa shape index (κ2) is 5.95. The van der Waals surface area contributed by atoms with Crippen LogP contribution in [0.25, 0.3) is 0 Å². The molecule has 4 heteroatoms. The molecular formula is C20H17NO3. The summed E-state index contributed by atoms with van der Waals surface area (Å²) in [5.74, 6) is 0.649.